The van der Waals surface area contributed by atoms with Crippen LogP contribution in [0.4, 0.5) is 4.39 Å². The van der Waals surface area contributed by atoms with E-state index in [1.165, 1.54) is 5.57 Å². The summed E-state index contributed by atoms with van der Waals surface area (Å²) in [6.07, 6.45) is 12.3. The molecule has 0 heterocycles. The molecular formula is C24H38FN. The number of hydrogen-bond donors (Lipinski definition) is 1. The Morgan fingerprint density at radius 2 is 1.92 bits per heavy atom. The molecule has 0 bridgehead atoms. The van der Waals surface area contributed by atoms with Crippen molar-refractivity contribution in [3.05, 3.63) is 59.1 Å². The first-order valence-electron chi connectivity index (χ1n) is 10.0. The van der Waals surface area contributed by atoms with Crippen LogP contribution in [0.25, 0.3) is 0 Å². The maximum absolute atomic E-state index is 14.0. The van der Waals surface area contributed by atoms with Gasteiger partial charge in [-0.05, 0) is 68.1 Å². The second-order valence-corrected chi connectivity index (χ2v) is 8.42. The summed E-state index contributed by atoms with van der Waals surface area (Å²) in [6, 6.07) is 0. The summed E-state index contributed by atoms with van der Waals surface area (Å²) in [7, 11) is 0. The number of nitrogens with two attached hydrogens (primary N) is 1. The molecule has 2 atom stereocenters. The first-order chi connectivity index (χ1) is 12.1. The molecule has 0 radical (unpaired) electrons. The average molecular weight is 360 g/mol. The molecule has 1 nitrogen and oxygen atoms in total. The van der Waals surface area contributed by atoms with Gasteiger partial charge < -0.3 is 5.73 Å². The third-order valence-electron chi connectivity index (χ3n) is 5.41. The first-order valence-corrected chi connectivity index (χ1v) is 10.0. The highest BCUT2D eigenvalue weighted by atomic mass is 19.1. The molecule has 0 fully saturated rings. The van der Waals surface area contributed by atoms with E-state index in [-0.39, 0.29) is 11.2 Å². The average Bonchev–Trinajstić information content (AvgIpc) is 2.59. The number of halogens is 1. The monoisotopic (exact) mass is 359 g/mol. The van der Waals surface area contributed by atoms with Crippen LogP contribution in [-0.4, -0.2) is 0 Å². The van der Waals surface area contributed by atoms with Gasteiger partial charge in [-0.1, -0.05) is 58.4 Å². The lowest BCUT2D eigenvalue weighted by Crippen LogP contribution is -2.27. The van der Waals surface area contributed by atoms with Crippen LogP contribution < -0.4 is 5.73 Å². The summed E-state index contributed by atoms with van der Waals surface area (Å²) in [6.45, 7) is 17.1. The maximum Gasteiger partial charge on any atom is 0.122 e. The number of hydrogen-bond acceptors (Lipinski definition) is 1. The van der Waals surface area contributed by atoms with Gasteiger partial charge in [0.05, 0.1) is 0 Å². The highest BCUT2D eigenvalue weighted by molar-refractivity contribution is 5.38. The Morgan fingerprint density at radius 1 is 1.31 bits per heavy atom. The van der Waals surface area contributed by atoms with Crippen molar-refractivity contribution in [1.29, 1.82) is 0 Å². The Labute approximate surface area is 160 Å². The van der Waals surface area contributed by atoms with Crippen molar-refractivity contribution in [2.24, 2.45) is 23.0 Å². The van der Waals surface area contributed by atoms with Crippen LogP contribution in [0.1, 0.15) is 73.6 Å². The van der Waals surface area contributed by atoms with Gasteiger partial charge in [-0.15, -0.1) is 6.58 Å². The molecule has 1 aliphatic carbocycles. The summed E-state index contributed by atoms with van der Waals surface area (Å²) in [4.78, 5) is 0. The zero-order valence-electron chi connectivity index (χ0n) is 17.7. The molecule has 1 aliphatic rings. The number of rotatable bonds is 9. The Balaban J connectivity index is 3.25. The lowest BCUT2D eigenvalue weighted by molar-refractivity contribution is 0.380. The molecule has 146 valence electrons. The quantitative estimate of drug-likeness (QED) is 0.337. The Morgan fingerprint density at radius 3 is 2.42 bits per heavy atom. The van der Waals surface area contributed by atoms with Gasteiger partial charge in [0.15, 0.2) is 0 Å². The van der Waals surface area contributed by atoms with Gasteiger partial charge in [0.1, 0.15) is 5.83 Å². The van der Waals surface area contributed by atoms with E-state index in [1.807, 2.05) is 12.2 Å². The third kappa shape index (κ3) is 6.00. The first kappa shape index (κ1) is 22.5. The summed E-state index contributed by atoms with van der Waals surface area (Å²) in [5.41, 5.74) is 10.5. The minimum atomic E-state index is -0.223. The molecule has 0 saturated heterocycles. The molecule has 0 aromatic heterocycles. The van der Waals surface area contributed by atoms with E-state index in [9.17, 15) is 4.39 Å². The molecular weight excluding hydrogens is 321 g/mol. The summed E-state index contributed by atoms with van der Waals surface area (Å²) in [5, 5.41) is 0. The lowest BCUT2D eigenvalue weighted by atomic mass is 9.75. The number of allylic oxidation sites excluding steroid dienone is 8. The van der Waals surface area contributed by atoms with Gasteiger partial charge in [0, 0.05) is 11.1 Å². The standard InChI is InChI=1S/C24H38FN/c1-8-19(6)21(23(26)24(7,9-2)16-17(3)4)15-18(5)14-20-12-10-11-13-22(20)25/h9,12-13,15,17,19H,2,8,10-11,14,16,26H2,1,3-7H3/b18-15-,23-21+. The highest BCUT2D eigenvalue weighted by Crippen LogP contribution is 2.37. The van der Waals surface area contributed by atoms with Crippen LogP contribution in [-0.2, 0) is 0 Å². The lowest BCUT2D eigenvalue weighted by Gasteiger charge is -2.32. The van der Waals surface area contributed by atoms with Crippen molar-refractivity contribution in [1.82, 2.24) is 0 Å². The topological polar surface area (TPSA) is 26.0 Å². The van der Waals surface area contributed by atoms with Crippen LogP contribution in [0, 0.1) is 17.3 Å². The minimum absolute atomic E-state index is 0.0678. The van der Waals surface area contributed by atoms with Crippen LogP contribution in [0.15, 0.2) is 59.1 Å². The molecule has 0 spiro atoms. The molecule has 0 saturated carbocycles. The molecule has 0 amide bonds. The summed E-state index contributed by atoms with van der Waals surface area (Å²) >= 11 is 0. The van der Waals surface area contributed by atoms with E-state index in [1.54, 1.807) is 6.08 Å². The van der Waals surface area contributed by atoms with E-state index >= 15 is 0 Å². The van der Waals surface area contributed by atoms with Crippen LogP contribution in [0.5, 0.6) is 0 Å². The SMILES string of the molecule is C=CC(C)(CC(C)C)/C(N)=C(/C=C(/C)CC1=CCCC=C1F)C(C)CC. The normalized spacial score (nSPS) is 20.1. The predicted octanol–water partition coefficient (Wildman–Crippen LogP) is 7.39. The second kappa shape index (κ2) is 9.94. The van der Waals surface area contributed by atoms with Gasteiger partial charge in [-0.25, -0.2) is 4.39 Å². The Hall–Kier alpha value is -1.57. The fourth-order valence-corrected chi connectivity index (χ4v) is 3.66. The molecule has 0 aliphatic heterocycles. The molecule has 0 aromatic rings. The van der Waals surface area contributed by atoms with E-state index < -0.39 is 0 Å². The van der Waals surface area contributed by atoms with Crippen molar-refractivity contribution in [3.8, 4) is 0 Å². The Bertz CT molecular complexity index is 618. The van der Waals surface area contributed by atoms with Gasteiger partial charge in [-0.3, -0.25) is 0 Å². The van der Waals surface area contributed by atoms with Gasteiger partial charge in [-0.2, -0.15) is 0 Å². The largest absolute Gasteiger partial charge is 0.401 e. The van der Waals surface area contributed by atoms with Crippen LogP contribution in [0.3, 0.4) is 0 Å². The van der Waals surface area contributed by atoms with Crippen molar-refractivity contribution in [2.45, 2.75) is 73.6 Å². The second-order valence-electron chi connectivity index (χ2n) is 8.42. The van der Waals surface area contributed by atoms with Crippen molar-refractivity contribution in [3.63, 3.8) is 0 Å². The van der Waals surface area contributed by atoms with E-state index in [4.69, 9.17) is 5.73 Å². The molecule has 1 rings (SSSR count). The van der Waals surface area contributed by atoms with Crippen molar-refractivity contribution < 1.29 is 4.39 Å². The molecule has 26 heavy (non-hydrogen) atoms. The third-order valence-corrected chi connectivity index (χ3v) is 5.41. The van der Waals surface area contributed by atoms with Gasteiger partial charge >= 0.3 is 0 Å². The molecule has 2 N–H and O–H groups in total. The molecule has 2 unspecified atom stereocenters. The van der Waals surface area contributed by atoms with Gasteiger partial charge in [0.25, 0.3) is 0 Å². The van der Waals surface area contributed by atoms with Crippen molar-refractivity contribution >= 4 is 0 Å². The summed E-state index contributed by atoms with van der Waals surface area (Å²) < 4.78 is 14.0. The van der Waals surface area contributed by atoms with Crippen LogP contribution >= 0.6 is 0 Å². The zero-order chi connectivity index (χ0) is 19.9. The van der Waals surface area contributed by atoms with Crippen molar-refractivity contribution in [2.75, 3.05) is 0 Å². The minimum Gasteiger partial charge on any atom is -0.401 e. The molecule has 0 aromatic carbocycles. The summed E-state index contributed by atoms with van der Waals surface area (Å²) in [5.74, 6) is 0.824. The smallest absolute Gasteiger partial charge is 0.122 e. The Kier molecular flexibility index (Phi) is 8.59. The van der Waals surface area contributed by atoms with E-state index in [2.05, 4.69) is 54.2 Å². The zero-order valence-corrected chi connectivity index (χ0v) is 17.7. The van der Waals surface area contributed by atoms with E-state index in [0.29, 0.717) is 18.3 Å². The van der Waals surface area contributed by atoms with E-state index in [0.717, 1.165) is 42.5 Å². The van der Waals surface area contributed by atoms with Gasteiger partial charge in [0.2, 0.25) is 0 Å². The van der Waals surface area contributed by atoms with Crippen LogP contribution in [0.2, 0.25) is 0 Å². The molecule has 2 heteroatoms. The predicted molar refractivity (Wildman–Crippen MR) is 113 cm³/mol. The fourth-order valence-electron chi connectivity index (χ4n) is 3.66. The maximum atomic E-state index is 14.0. The highest BCUT2D eigenvalue weighted by Gasteiger charge is 2.28. The fraction of sp³-hybridized carbons (Fsp3) is 0.583.